The van der Waals surface area contributed by atoms with Crippen molar-refractivity contribution in [2.24, 2.45) is 10.7 Å². The number of benzene rings is 2. The molecule has 1 heterocycles. The first-order valence-corrected chi connectivity index (χ1v) is 12.2. The van der Waals surface area contributed by atoms with Gasteiger partial charge in [-0.2, -0.15) is 0 Å². The molecule has 0 unspecified atom stereocenters. The molecule has 8 heteroatoms. The molecule has 0 radical (unpaired) electrons. The van der Waals surface area contributed by atoms with Gasteiger partial charge in [-0.1, -0.05) is 42.5 Å². The van der Waals surface area contributed by atoms with Gasteiger partial charge >= 0.3 is 0 Å². The highest BCUT2D eigenvalue weighted by molar-refractivity contribution is 7.89. The van der Waals surface area contributed by atoms with Crippen molar-refractivity contribution in [3.63, 3.8) is 0 Å². The second kappa shape index (κ2) is 11.4. The summed E-state index contributed by atoms with van der Waals surface area (Å²) in [5.41, 5.74) is 11.8. The smallest absolute Gasteiger partial charge is 0.213 e. The Hall–Kier alpha value is -3.49. The molecule has 0 aliphatic heterocycles. The molecule has 0 aliphatic carbocycles. The Kier molecular flexibility index (Phi) is 8.34. The van der Waals surface area contributed by atoms with Crippen LogP contribution in [0.15, 0.2) is 84.1 Å². The van der Waals surface area contributed by atoms with Crippen molar-refractivity contribution in [2.45, 2.75) is 6.54 Å². The Bertz CT molecular complexity index is 1210. The predicted octanol–water partition coefficient (Wildman–Crippen LogP) is 3.30. The van der Waals surface area contributed by atoms with Crippen LogP contribution in [0.2, 0.25) is 0 Å². The third-order valence-electron chi connectivity index (χ3n) is 5.19. The van der Waals surface area contributed by atoms with Crippen molar-refractivity contribution < 1.29 is 8.42 Å². The van der Waals surface area contributed by atoms with Crippen LogP contribution in [0, 0.1) is 0 Å². The number of nitrogens with zero attached hydrogens (tertiary/aromatic N) is 3. The maximum absolute atomic E-state index is 11.9. The molecule has 0 saturated carbocycles. The zero-order valence-corrected chi connectivity index (χ0v) is 19.7. The van der Waals surface area contributed by atoms with E-state index in [1.807, 2.05) is 72.6 Å². The number of hydrogen-bond acceptors (Lipinski definition) is 6. The quantitative estimate of drug-likeness (QED) is 0.449. The van der Waals surface area contributed by atoms with Crippen LogP contribution < -0.4 is 15.4 Å². The van der Waals surface area contributed by atoms with Gasteiger partial charge in [-0.15, -0.1) is 0 Å². The van der Waals surface area contributed by atoms with Gasteiger partial charge in [0, 0.05) is 49.1 Å². The molecule has 0 amide bonds. The van der Waals surface area contributed by atoms with Crippen molar-refractivity contribution >= 4 is 27.6 Å². The predicted molar refractivity (Wildman–Crippen MR) is 137 cm³/mol. The molecule has 0 bridgehead atoms. The number of aliphatic imine (C=N–C) groups is 1. The van der Waals surface area contributed by atoms with Gasteiger partial charge in [-0.3, -0.25) is 9.98 Å². The largest absolute Gasteiger partial charge is 0.398 e. The molecule has 0 fully saturated rings. The molecule has 33 heavy (non-hydrogen) atoms. The summed E-state index contributed by atoms with van der Waals surface area (Å²) in [5.74, 6) is -0.0178. The molecule has 0 saturated heterocycles. The zero-order valence-electron chi connectivity index (χ0n) is 18.8. The molecule has 172 valence electrons. The number of hydrogen-bond donors (Lipinski definition) is 2. The number of aromatic nitrogens is 1. The summed E-state index contributed by atoms with van der Waals surface area (Å²) >= 11 is 0. The van der Waals surface area contributed by atoms with Gasteiger partial charge in [0.25, 0.3) is 0 Å². The molecule has 3 N–H and O–H groups in total. The molecule has 0 atom stereocenters. The molecular formula is C25H29N5O2S. The number of anilines is 1. The number of nitrogens with one attached hydrogen (secondary N) is 1. The minimum absolute atomic E-state index is 0.0178. The van der Waals surface area contributed by atoms with Gasteiger partial charge in [-0.25, -0.2) is 13.1 Å². The van der Waals surface area contributed by atoms with Crippen molar-refractivity contribution in [1.29, 1.82) is 0 Å². The summed E-state index contributed by atoms with van der Waals surface area (Å²) in [4.78, 5) is 10.4. The van der Waals surface area contributed by atoms with Gasteiger partial charge in [0.1, 0.15) is 0 Å². The summed E-state index contributed by atoms with van der Waals surface area (Å²) in [6.45, 7) is 0.833. The first-order valence-electron chi connectivity index (χ1n) is 10.6. The summed E-state index contributed by atoms with van der Waals surface area (Å²) in [5, 5.41) is 0. The third-order valence-corrected chi connectivity index (χ3v) is 6.53. The molecular weight excluding hydrogens is 434 g/mol. The van der Waals surface area contributed by atoms with Crippen LogP contribution >= 0.6 is 0 Å². The molecule has 3 rings (SSSR count). The lowest BCUT2D eigenvalue weighted by atomic mass is 9.99. The van der Waals surface area contributed by atoms with Crippen molar-refractivity contribution in [2.75, 3.05) is 31.3 Å². The number of sulfonamides is 1. The molecule has 3 aromatic rings. The third kappa shape index (κ3) is 7.00. The number of pyridine rings is 1. The van der Waals surface area contributed by atoms with E-state index in [9.17, 15) is 8.42 Å². The Morgan fingerprint density at radius 1 is 1.12 bits per heavy atom. The van der Waals surface area contributed by atoms with Crippen LogP contribution in [-0.2, 0) is 16.6 Å². The van der Waals surface area contributed by atoms with Crippen LogP contribution in [0.3, 0.4) is 0 Å². The van der Waals surface area contributed by atoms with Gasteiger partial charge in [0.05, 0.1) is 12.3 Å². The maximum Gasteiger partial charge on any atom is 0.213 e. The van der Waals surface area contributed by atoms with Crippen LogP contribution in [0.4, 0.5) is 5.69 Å². The monoisotopic (exact) mass is 463 g/mol. The van der Waals surface area contributed by atoms with E-state index in [2.05, 4.69) is 14.7 Å². The van der Waals surface area contributed by atoms with Crippen molar-refractivity contribution in [1.82, 2.24) is 9.71 Å². The first kappa shape index (κ1) is 24.2. The number of nitrogens with two attached hydrogens (primary N) is 1. The van der Waals surface area contributed by atoms with Crippen LogP contribution in [0.5, 0.6) is 0 Å². The summed E-state index contributed by atoms with van der Waals surface area (Å²) < 4.78 is 26.1. The average Bonchev–Trinajstić information content (AvgIpc) is 2.86. The van der Waals surface area contributed by atoms with E-state index in [1.54, 1.807) is 24.7 Å². The Morgan fingerprint density at radius 2 is 1.91 bits per heavy atom. The van der Waals surface area contributed by atoms with Crippen molar-refractivity contribution in [3.05, 3.63) is 90.3 Å². The van der Waals surface area contributed by atoms with Crippen LogP contribution in [0.25, 0.3) is 16.8 Å². The van der Waals surface area contributed by atoms with Gasteiger partial charge < -0.3 is 10.6 Å². The standard InChI is InChI=1S/C25H29N5O2S/c1-27-33(31,32)16-15-30(2)25-11-10-22(21-8-4-3-5-9-21)17-23(25)24(26)12-14-29-19-20-7-6-13-28-18-20/h3-14,17-18,27H,15-16,19,26H2,1-2H3/b24-12-,29-14?. The lowest BCUT2D eigenvalue weighted by Gasteiger charge is -2.23. The van der Waals surface area contributed by atoms with Crippen molar-refractivity contribution in [3.8, 4) is 11.1 Å². The van der Waals surface area contributed by atoms with Gasteiger partial charge in [0.2, 0.25) is 10.0 Å². The van der Waals surface area contributed by atoms with E-state index in [4.69, 9.17) is 5.73 Å². The van der Waals surface area contributed by atoms with Crippen LogP contribution in [-0.4, -0.2) is 46.0 Å². The van der Waals surface area contributed by atoms with E-state index in [0.717, 1.165) is 27.9 Å². The van der Waals surface area contributed by atoms with Gasteiger partial charge in [-0.05, 0) is 48.0 Å². The SMILES string of the molecule is CNS(=O)(=O)CCN(C)c1ccc(-c2ccccc2)cc1/C(N)=C/C=NCc1cccnc1. The Labute approximate surface area is 195 Å². The fourth-order valence-electron chi connectivity index (χ4n) is 3.26. The molecule has 0 aliphatic rings. The fraction of sp³-hybridized carbons (Fsp3) is 0.200. The summed E-state index contributed by atoms with van der Waals surface area (Å²) in [7, 11) is -0.0398. The summed E-state index contributed by atoms with van der Waals surface area (Å²) in [6.07, 6.45) is 6.96. The highest BCUT2D eigenvalue weighted by Crippen LogP contribution is 2.30. The van der Waals surface area contributed by atoms with E-state index in [1.165, 1.54) is 7.05 Å². The lowest BCUT2D eigenvalue weighted by Crippen LogP contribution is -2.31. The second-order valence-electron chi connectivity index (χ2n) is 7.52. The Balaban J connectivity index is 1.89. The maximum atomic E-state index is 11.9. The second-order valence-corrected chi connectivity index (χ2v) is 9.56. The number of allylic oxidation sites excluding steroid dienone is 1. The Morgan fingerprint density at radius 3 is 2.61 bits per heavy atom. The first-order chi connectivity index (χ1) is 15.9. The molecule has 7 nitrogen and oxygen atoms in total. The normalized spacial score (nSPS) is 12.2. The average molecular weight is 464 g/mol. The fourth-order valence-corrected chi connectivity index (χ4v) is 3.98. The van der Waals surface area contributed by atoms with E-state index in [-0.39, 0.29) is 5.75 Å². The van der Waals surface area contributed by atoms with E-state index in [0.29, 0.717) is 18.8 Å². The topological polar surface area (TPSA) is 101 Å². The van der Waals surface area contributed by atoms with E-state index < -0.39 is 10.0 Å². The molecule has 1 aromatic heterocycles. The molecule has 0 spiro atoms. The van der Waals surface area contributed by atoms with Crippen LogP contribution in [0.1, 0.15) is 11.1 Å². The summed E-state index contributed by atoms with van der Waals surface area (Å²) in [6, 6.07) is 19.9. The molecule has 2 aromatic carbocycles. The minimum atomic E-state index is -3.31. The highest BCUT2D eigenvalue weighted by atomic mass is 32.2. The van der Waals surface area contributed by atoms with Gasteiger partial charge in [0.15, 0.2) is 0 Å². The number of rotatable bonds is 10. The lowest BCUT2D eigenvalue weighted by molar-refractivity contribution is 0.587. The van der Waals surface area contributed by atoms with E-state index >= 15 is 0 Å². The zero-order chi connectivity index (χ0) is 23.7. The minimum Gasteiger partial charge on any atom is -0.398 e. The highest BCUT2D eigenvalue weighted by Gasteiger charge is 2.14.